The molecule has 0 fully saturated rings. The normalized spacial score (nSPS) is 11.8. The Kier molecular flexibility index (Phi) is 6.13. The van der Waals surface area contributed by atoms with Gasteiger partial charge in [-0.1, -0.05) is 0 Å². The van der Waals surface area contributed by atoms with Crippen LogP contribution in [-0.2, 0) is 16.1 Å². The van der Waals surface area contributed by atoms with Crippen LogP contribution in [0.1, 0.15) is 19.7 Å². The van der Waals surface area contributed by atoms with Crippen LogP contribution in [-0.4, -0.2) is 47.5 Å². The molecule has 1 aromatic rings. The summed E-state index contributed by atoms with van der Waals surface area (Å²) in [5.41, 5.74) is 2.46. The zero-order valence-electron chi connectivity index (χ0n) is 12.3. The molecule has 1 heterocycles. The van der Waals surface area contributed by atoms with Gasteiger partial charge in [-0.15, -0.1) is 0 Å². The van der Waals surface area contributed by atoms with Gasteiger partial charge in [-0.05, 0) is 13.8 Å². The number of carbonyl (C=O) groups excluding carboxylic acids is 1. The maximum Gasteiger partial charge on any atom is 0.244 e. The van der Waals surface area contributed by atoms with Crippen LogP contribution in [0.5, 0.6) is 0 Å². The predicted octanol–water partition coefficient (Wildman–Crippen LogP) is 0.187. The molecule has 20 heavy (non-hydrogen) atoms. The topological polar surface area (TPSA) is 105 Å². The van der Waals surface area contributed by atoms with Crippen molar-refractivity contribution in [2.24, 2.45) is 5.84 Å². The predicted molar refractivity (Wildman–Crippen MR) is 77.0 cm³/mol. The first-order chi connectivity index (χ1) is 9.51. The van der Waals surface area contributed by atoms with Gasteiger partial charge < -0.3 is 20.4 Å². The van der Waals surface area contributed by atoms with E-state index in [1.54, 1.807) is 32.0 Å². The molecule has 0 aliphatic carbocycles. The van der Waals surface area contributed by atoms with E-state index >= 15 is 0 Å². The zero-order valence-corrected chi connectivity index (χ0v) is 12.3. The molecule has 0 aromatic carbocycles. The number of nitrogens with zero attached hydrogens (tertiary/aromatic N) is 3. The van der Waals surface area contributed by atoms with E-state index in [2.05, 4.69) is 20.7 Å². The number of aromatic nitrogens is 2. The molecule has 0 aliphatic heterocycles. The van der Waals surface area contributed by atoms with E-state index in [1.807, 2.05) is 6.92 Å². The molecule has 0 spiro atoms. The number of hydrogen-bond acceptors (Lipinski definition) is 7. The minimum absolute atomic E-state index is 0.0124. The van der Waals surface area contributed by atoms with Crippen LogP contribution in [0.15, 0.2) is 6.07 Å². The number of carbonyl (C=O) groups is 1. The molecule has 1 unspecified atom stereocenters. The van der Waals surface area contributed by atoms with E-state index in [0.717, 1.165) is 0 Å². The van der Waals surface area contributed by atoms with Crippen molar-refractivity contribution in [1.29, 1.82) is 0 Å². The van der Waals surface area contributed by atoms with E-state index < -0.39 is 6.04 Å². The van der Waals surface area contributed by atoms with Crippen molar-refractivity contribution in [2.75, 3.05) is 31.4 Å². The summed E-state index contributed by atoms with van der Waals surface area (Å²) in [4.78, 5) is 22.0. The molecular formula is C12H22N6O2. The lowest BCUT2D eigenvalue weighted by Gasteiger charge is -2.21. The third kappa shape index (κ3) is 4.32. The second-order valence-electron chi connectivity index (χ2n) is 4.35. The summed E-state index contributed by atoms with van der Waals surface area (Å²) in [6, 6.07) is 1.24. The van der Waals surface area contributed by atoms with Crippen LogP contribution >= 0.6 is 0 Å². The molecule has 0 saturated carbocycles. The highest BCUT2D eigenvalue weighted by Gasteiger charge is 2.17. The molecule has 0 radical (unpaired) electrons. The summed E-state index contributed by atoms with van der Waals surface area (Å²) in [7, 11) is 3.31. The Morgan fingerprint density at radius 3 is 2.70 bits per heavy atom. The second-order valence-corrected chi connectivity index (χ2v) is 4.35. The van der Waals surface area contributed by atoms with Gasteiger partial charge in [0.25, 0.3) is 0 Å². The number of likely N-dealkylation sites (N-methyl/N-ethyl adjacent to an activating group) is 1. The number of amides is 1. The highest BCUT2D eigenvalue weighted by Crippen LogP contribution is 2.12. The first kappa shape index (κ1) is 16.1. The number of hydrazine groups is 1. The Morgan fingerprint density at radius 2 is 2.15 bits per heavy atom. The Hall–Kier alpha value is -1.93. The molecule has 1 atom stereocenters. The lowest BCUT2D eigenvalue weighted by Crippen LogP contribution is -2.39. The number of rotatable bonds is 7. The SMILES string of the molecule is CCN(C)C(=O)C(C)Nc1cc(NN)nc(COC)n1. The van der Waals surface area contributed by atoms with Crippen molar-refractivity contribution in [3.63, 3.8) is 0 Å². The number of ether oxygens (including phenoxy) is 1. The molecule has 112 valence electrons. The van der Waals surface area contributed by atoms with Gasteiger partial charge in [0.2, 0.25) is 5.91 Å². The molecule has 0 aliphatic rings. The van der Waals surface area contributed by atoms with Crippen molar-refractivity contribution in [1.82, 2.24) is 14.9 Å². The molecule has 1 rings (SSSR count). The summed E-state index contributed by atoms with van der Waals surface area (Å²) in [5, 5.41) is 3.04. The number of anilines is 2. The zero-order chi connectivity index (χ0) is 15.1. The van der Waals surface area contributed by atoms with E-state index in [-0.39, 0.29) is 12.5 Å². The number of nitrogens with one attached hydrogen (secondary N) is 2. The summed E-state index contributed by atoms with van der Waals surface area (Å²) in [5.74, 6) is 6.80. The van der Waals surface area contributed by atoms with E-state index in [9.17, 15) is 4.79 Å². The van der Waals surface area contributed by atoms with Gasteiger partial charge in [0.1, 0.15) is 24.3 Å². The Labute approximate surface area is 118 Å². The Morgan fingerprint density at radius 1 is 1.50 bits per heavy atom. The minimum atomic E-state index is -0.393. The first-order valence-corrected chi connectivity index (χ1v) is 6.36. The van der Waals surface area contributed by atoms with E-state index in [1.165, 1.54) is 0 Å². The Bertz CT molecular complexity index is 454. The largest absolute Gasteiger partial charge is 0.377 e. The molecule has 0 bridgehead atoms. The number of methoxy groups -OCH3 is 1. The van der Waals surface area contributed by atoms with Gasteiger partial charge in [0.15, 0.2) is 5.82 Å². The van der Waals surface area contributed by atoms with Gasteiger partial charge in [-0.2, -0.15) is 0 Å². The van der Waals surface area contributed by atoms with Gasteiger partial charge in [-0.25, -0.2) is 15.8 Å². The summed E-state index contributed by atoms with van der Waals surface area (Å²) < 4.78 is 4.99. The maximum atomic E-state index is 12.0. The average molecular weight is 282 g/mol. The molecule has 1 amide bonds. The third-order valence-corrected chi connectivity index (χ3v) is 2.78. The summed E-state index contributed by atoms with van der Waals surface area (Å²) in [6.45, 7) is 4.62. The van der Waals surface area contributed by atoms with Crippen molar-refractivity contribution in [3.8, 4) is 0 Å². The smallest absolute Gasteiger partial charge is 0.244 e. The second kappa shape index (κ2) is 7.61. The van der Waals surface area contributed by atoms with Crippen LogP contribution in [0.2, 0.25) is 0 Å². The summed E-state index contributed by atoms with van der Waals surface area (Å²) >= 11 is 0. The molecule has 1 aromatic heterocycles. The third-order valence-electron chi connectivity index (χ3n) is 2.78. The highest BCUT2D eigenvalue weighted by molar-refractivity contribution is 5.83. The standard InChI is InChI=1S/C12H22N6O2/c1-5-18(3)12(19)8(2)14-9-6-10(17-13)16-11(15-9)7-20-4/h6,8H,5,7,13H2,1-4H3,(H2,14,15,16,17). The number of nitrogens with two attached hydrogens (primary N) is 1. The van der Waals surface area contributed by atoms with Crippen molar-refractivity contribution >= 4 is 17.5 Å². The van der Waals surface area contributed by atoms with Crippen LogP contribution in [0.4, 0.5) is 11.6 Å². The van der Waals surface area contributed by atoms with Gasteiger partial charge in [0, 0.05) is 26.8 Å². The fraction of sp³-hybridized carbons (Fsp3) is 0.583. The monoisotopic (exact) mass is 282 g/mol. The van der Waals surface area contributed by atoms with E-state index in [0.29, 0.717) is 24.0 Å². The van der Waals surface area contributed by atoms with Crippen LogP contribution in [0.25, 0.3) is 0 Å². The maximum absolute atomic E-state index is 12.0. The van der Waals surface area contributed by atoms with Crippen molar-refractivity contribution in [3.05, 3.63) is 11.9 Å². The van der Waals surface area contributed by atoms with Crippen molar-refractivity contribution < 1.29 is 9.53 Å². The first-order valence-electron chi connectivity index (χ1n) is 6.36. The summed E-state index contributed by atoms with van der Waals surface area (Å²) in [6.07, 6.45) is 0. The molecule has 4 N–H and O–H groups in total. The molecule has 0 saturated heterocycles. The lowest BCUT2D eigenvalue weighted by molar-refractivity contribution is -0.130. The van der Waals surface area contributed by atoms with E-state index in [4.69, 9.17) is 10.6 Å². The van der Waals surface area contributed by atoms with Crippen LogP contribution in [0.3, 0.4) is 0 Å². The fourth-order valence-corrected chi connectivity index (χ4v) is 1.61. The quantitative estimate of drug-likeness (QED) is 0.484. The minimum Gasteiger partial charge on any atom is -0.377 e. The average Bonchev–Trinajstić information content (AvgIpc) is 2.45. The van der Waals surface area contributed by atoms with Crippen molar-refractivity contribution in [2.45, 2.75) is 26.5 Å². The lowest BCUT2D eigenvalue weighted by atomic mass is 10.3. The number of hydrogen-bond donors (Lipinski definition) is 3. The van der Waals surface area contributed by atoms with Gasteiger partial charge >= 0.3 is 0 Å². The fourth-order valence-electron chi connectivity index (χ4n) is 1.61. The molecule has 8 nitrogen and oxygen atoms in total. The molecule has 8 heteroatoms. The number of nitrogen functional groups attached to an aromatic ring is 1. The van der Waals surface area contributed by atoms with Crippen LogP contribution < -0.4 is 16.6 Å². The van der Waals surface area contributed by atoms with Crippen LogP contribution in [0, 0.1) is 0 Å². The Balaban J connectivity index is 2.85. The van der Waals surface area contributed by atoms with Gasteiger partial charge in [0.05, 0.1) is 0 Å². The molecular weight excluding hydrogens is 260 g/mol. The van der Waals surface area contributed by atoms with Gasteiger partial charge in [-0.3, -0.25) is 4.79 Å². The highest BCUT2D eigenvalue weighted by atomic mass is 16.5.